The molecule has 114 valence electrons. The van der Waals surface area contributed by atoms with Crippen LogP contribution >= 0.6 is 0 Å². The molecule has 0 bridgehead atoms. The molecule has 22 heavy (non-hydrogen) atoms. The van der Waals surface area contributed by atoms with Gasteiger partial charge in [-0.05, 0) is 54.7 Å². The van der Waals surface area contributed by atoms with Crippen molar-refractivity contribution in [3.8, 4) is 5.75 Å². The standard InChI is InChI=1S/C18H20N2O2/c1-22-15-11-9-14(10-12-15)19-18(21)20-17-8-4-6-13-5-2-3-7-16(13)17/h2-3,5,7,9-12,17H,4,6,8H2,1H3,(H2,19,20,21)/t17-/m0/s1. The Morgan fingerprint density at radius 1 is 1.14 bits per heavy atom. The molecule has 0 fully saturated rings. The number of amides is 2. The smallest absolute Gasteiger partial charge is 0.319 e. The largest absolute Gasteiger partial charge is 0.497 e. The van der Waals surface area contributed by atoms with Gasteiger partial charge in [0, 0.05) is 5.69 Å². The van der Waals surface area contributed by atoms with E-state index in [1.54, 1.807) is 7.11 Å². The summed E-state index contributed by atoms with van der Waals surface area (Å²) in [6.45, 7) is 0. The first-order valence-corrected chi connectivity index (χ1v) is 7.55. The number of rotatable bonds is 3. The maximum absolute atomic E-state index is 12.2. The zero-order valence-corrected chi connectivity index (χ0v) is 12.6. The van der Waals surface area contributed by atoms with Crippen molar-refractivity contribution in [2.45, 2.75) is 25.3 Å². The molecule has 0 radical (unpaired) electrons. The fraction of sp³-hybridized carbons (Fsp3) is 0.278. The molecular weight excluding hydrogens is 276 g/mol. The van der Waals surface area contributed by atoms with Gasteiger partial charge in [0.15, 0.2) is 0 Å². The molecule has 3 rings (SSSR count). The number of hydrogen-bond acceptors (Lipinski definition) is 2. The molecule has 2 amide bonds. The Labute approximate surface area is 130 Å². The third-order valence-electron chi connectivity index (χ3n) is 4.02. The van der Waals surface area contributed by atoms with Crippen LogP contribution in [0, 0.1) is 0 Å². The van der Waals surface area contributed by atoms with Crippen LogP contribution in [0.25, 0.3) is 0 Å². The highest BCUT2D eigenvalue weighted by atomic mass is 16.5. The van der Waals surface area contributed by atoms with Gasteiger partial charge in [-0.2, -0.15) is 0 Å². The van der Waals surface area contributed by atoms with Crippen molar-refractivity contribution in [3.05, 3.63) is 59.7 Å². The van der Waals surface area contributed by atoms with Gasteiger partial charge in [0.2, 0.25) is 0 Å². The fourth-order valence-electron chi connectivity index (χ4n) is 2.90. The minimum Gasteiger partial charge on any atom is -0.497 e. The van der Waals surface area contributed by atoms with E-state index in [9.17, 15) is 4.79 Å². The average Bonchev–Trinajstić information content (AvgIpc) is 2.56. The van der Waals surface area contributed by atoms with E-state index in [4.69, 9.17) is 4.74 Å². The van der Waals surface area contributed by atoms with E-state index in [-0.39, 0.29) is 12.1 Å². The van der Waals surface area contributed by atoms with E-state index < -0.39 is 0 Å². The van der Waals surface area contributed by atoms with Crippen molar-refractivity contribution in [1.82, 2.24) is 5.32 Å². The number of hydrogen-bond donors (Lipinski definition) is 2. The van der Waals surface area contributed by atoms with Gasteiger partial charge in [-0.1, -0.05) is 24.3 Å². The summed E-state index contributed by atoms with van der Waals surface area (Å²) in [6, 6.07) is 15.5. The molecule has 0 aliphatic heterocycles. The molecule has 0 saturated carbocycles. The van der Waals surface area contributed by atoms with E-state index in [0.29, 0.717) is 0 Å². The fourth-order valence-corrected chi connectivity index (χ4v) is 2.90. The number of urea groups is 1. The zero-order valence-electron chi connectivity index (χ0n) is 12.6. The summed E-state index contributed by atoms with van der Waals surface area (Å²) in [6.07, 6.45) is 3.17. The van der Waals surface area contributed by atoms with Crippen molar-refractivity contribution in [2.24, 2.45) is 0 Å². The summed E-state index contributed by atoms with van der Waals surface area (Å²) < 4.78 is 5.11. The van der Waals surface area contributed by atoms with E-state index in [1.807, 2.05) is 30.3 Å². The Hall–Kier alpha value is -2.49. The van der Waals surface area contributed by atoms with E-state index in [1.165, 1.54) is 11.1 Å². The molecule has 1 atom stereocenters. The first-order valence-electron chi connectivity index (χ1n) is 7.55. The van der Waals surface area contributed by atoms with Gasteiger partial charge in [-0.3, -0.25) is 0 Å². The third-order valence-corrected chi connectivity index (χ3v) is 4.02. The molecular formula is C18H20N2O2. The number of carbonyl (C=O) groups is 1. The summed E-state index contributed by atoms with van der Waals surface area (Å²) >= 11 is 0. The molecule has 0 aromatic heterocycles. The normalized spacial score (nSPS) is 16.5. The predicted molar refractivity (Wildman–Crippen MR) is 87.3 cm³/mol. The second-order valence-electron chi connectivity index (χ2n) is 5.47. The maximum Gasteiger partial charge on any atom is 0.319 e. The summed E-state index contributed by atoms with van der Waals surface area (Å²) in [5.74, 6) is 0.771. The lowest BCUT2D eigenvalue weighted by Crippen LogP contribution is -2.34. The molecule has 0 saturated heterocycles. The second kappa shape index (κ2) is 6.52. The Kier molecular flexibility index (Phi) is 4.28. The summed E-state index contributed by atoms with van der Waals surface area (Å²) in [5.41, 5.74) is 3.32. The van der Waals surface area contributed by atoms with Crippen LogP contribution in [0.4, 0.5) is 10.5 Å². The lowest BCUT2D eigenvalue weighted by molar-refractivity contribution is 0.247. The van der Waals surface area contributed by atoms with Gasteiger partial charge in [-0.15, -0.1) is 0 Å². The van der Waals surface area contributed by atoms with E-state index in [0.717, 1.165) is 30.7 Å². The predicted octanol–water partition coefficient (Wildman–Crippen LogP) is 3.89. The molecule has 0 unspecified atom stereocenters. The Morgan fingerprint density at radius 3 is 2.68 bits per heavy atom. The summed E-state index contributed by atoms with van der Waals surface area (Å²) in [5, 5.41) is 5.94. The molecule has 2 aromatic carbocycles. The number of ether oxygens (including phenoxy) is 1. The molecule has 1 aliphatic rings. The first-order chi connectivity index (χ1) is 10.8. The number of fused-ring (bicyclic) bond motifs is 1. The monoisotopic (exact) mass is 296 g/mol. The van der Waals surface area contributed by atoms with Gasteiger partial charge in [0.05, 0.1) is 13.2 Å². The van der Waals surface area contributed by atoms with Crippen LogP contribution in [-0.2, 0) is 6.42 Å². The van der Waals surface area contributed by atoms with Gasteiger partial charge >= 0.3 is 6.03 Å². The lowest BCUT2D eigenvalue weighted by Gasteiger charge is -2.26. The van der Waals surface area contributed by atoms with Crippen LogP contribution in [0.3, 0.4) is 0 Å². The van der Waals surface area contributed by atoms with Crippen molar-refractivity contribution in [2.75, 3.05) is 12.4 Å². The van der Waals surface area contributed by atoms with Crippen LogP contribution in [-0.4, -0.2) is 13.1 Å². The highest BCUT2D eigenvalue weighted by molar-refractivity contribution is 5.89. The number of methoxy groups -OCH3 is 1. The summed E-state index contributed by atoms with van der Waals surface area (Å²) in [4.78, 5) is 12.2. The molecule has 4 nitrogen and oxygen atoms in total. The van der Waals surface area contributed by atoms with Crippen LogP contribution in [0.5, 0.6) is 5.75 Å². The average molecular weight is 296 g/mol. The number of aryl methyl sites for hydroxylation is 1. The number of anilines is 1. The van der Waals surface area contributed by atoms with Crippen LogP contribution in [0.15, 0.2) is 48.5 Å². The minimum absolute atomic E-state index is 0.0863. The van der Waals surface area contributed by atoms with Crippen LogP contribution in [0.2, 0.25) is 0 Å². The van der Waals surface area contributed by atoms with Gasteiger partial charge < -0.3 is 15.4 Å². The molecule has 2 aromatic rings. The SMILES string of the molecule is COc1ccc(NC(=O)N[C@H]2CCCc3ccccc32)cc1. The first kappa shape index (κ1) is 14.4. The van der Waals surface area contributed by atoms with Crippen LogP contribution < -0.4 is 15.4 Å². The zero-order chi connectivity index (χ0) is 15.4. The second-order valence-corrected chi connectivity index (χ2v) is 5.47. The van der Waals surface area contributed by atoms with Gasteiger partial charge in [0.25, 0.3) is 0 Å². The maximum atomic E-state index is 12.2. The van der Waals surface area contributed by atoms with Gasteiger partial charge in [0.1, 0.15) is 5.75 Å². The number of carbonyl (C=O) groups excluding carboxylic acids is 1. The quantitative estimate of drug-likeness (QED) is 0.902. The molecule has 0 spiro atoms. The van der Waals surface area contributed by atoms with Crippen molar-refractivity contribution in [1.29, 1.82) is 0 Å². The molecule has 1 aliphatic carbocycles. The number of benzene rings is 2. The van der Waals surface area contributed by atoms with E-state index >= 15 is 0 Å². The Bertz CT molecular complexity index is 652. The molecule has 0 heterocycles. The highest BCUT2D eigenvalue weighted by Crippen LogP contribution is 2.29. The van der Waals surface area contributed by atoms with Crippen molar-refractivity contribution < 1.29 is 9.53 Å². The van der Waals surface area contributed by atoms with E-state index in [2.05, 4.69) is 28.8 Å². The Balaban J connectivity index is 1.65. The van der Waals surface area contributed by atoms with Crippen LogP contribution in [0.1, 0.15) is 30.0 Å². The molecule has 2 N–H and O–H groups in total. The number of nitrogens with one attached hydrogen (secondary N) is 2. The molecule has 4 heteroatoms. The highest BCUT2D eigenvalue weighted by Gasteiger charge is 2.21. The third kappa shape index (κ3) is 3.22. The topological polar surface area (TPSA) is 50.4 Å². The van der Waals surface area contributed by atoms with Gasteiger partial charge in [-0.25, -0.2) is 4.79 Å². The summed E-state index contributed by atoms with van der Waals surface area (Å²) in [7, 11) is 1.62. The van der Waals surface area contributed by atoms with Crippen molar-refractivity contribution >= 4 is 11.7 Å². The Morgan fingerprint density at radius 2 is 1.91 bits per heavy atom. The lowest BCUT2D eigenvalue weighted by atomic mass is 9.88. The minimum atomic E-state index is -0.174. The van der Waals surface area contributed by atoms with Crippen molar-refractivity contribution in [3.63, 3.8) is 0 Å².